The van der Waals surface area contributed by atoms with Gasteiger partial charge in [0, 0.05) is 18.3 Å². The summed E-state index contributed by atoms with van der Waals surface area (Å²) in [6.45, 7) is 3.09. The van der Waals surface area contributed by atoms with Crippen molar-refractivity contribution in [2.24, 2.45) is 0 Å². The molecular weight excluding hydrogens is 361 g/mol. The fourth-order valence-electron chi connectivity index (χ4n) is 2.19. The van der Waals surface area contributed by atoms with Crippen molar-refractivity contribution in [3.63, 3.8) is 0 Å². The number of benzene rings is 1. The smallest absolute Gasteiger partial charge is 0.161 e. The number of hydrogen-bond acceptors (Lipinski definition) is 3. The van der Waals surface area contributed by atoms with Crippen molar-refractivity contribution < 1.29 is 0 Å². The molecule has 2 aromatic rings. The number of aromatic nitrogens is 2. The van der Waals surface area contributed by atoms with Crippen LogP contribution in [0.1, 0.15) is 37.7 Å². The normalized spacial score (nSPS) is 14.3. The highest BCUT2D eigenvalue weighted by Gasteiger charge is 2.23. The van der Waals surface area contributed by atoms with E-state index in [2.05, 4.69) is 69.1 Å². The van der Waals surface area contributed by atoms with Gasteiger partial charge in [-0.25, -0.2) is 9.97 Å². The second kappa shape index (κ2) is 6.08. The molecule has 1 aliphatic rings. The van der Waals surface area contributed by atoms with Gasteiger partial charge in [0.1, 0.15) is 5.82 Å². The maximum Gasteiger partial charge on any atom is 0.161 e. The molecule has 1 saturated carbocycles. The molecule has 4 heteroatoms. The summed E-state index contributed by atoms with van der Waals surface area (Å²) in [6, 6.07) is 8.71. The lowest BCUT2D eigenvalue weighted by Gasteiger charge is -2.08. The second-order valence-electron chi connectivity index (χ2n) is 5.21. The van der Waals surface area contributed by atoms with Gasteiger partial charge >= 0.3 is 0 Å². The number of halogens is 1. The first kappa shape index (κ1) is 13.8. The molecule has 104 valence electrons. The van der Waals surface area contributed by atoms with Crippen molar-refractivity contribution in [2.75, 3.05) is 11.9 Å². The van der Waals surface area contributed by atoms with Gasteiger partial charge in [0.2, 0.25) is 0 Å². The molecule has 1 N–H and O–H groups in total. The molecule has 1 fully saturated rings. The van der Waals surface area contributed by atoms with E-state index in [0.29, 0.717) is 0 Å². The Labute approximate surface area is 133 Å². The monoisotopic (exact) mass is 379 g/mol. The van der Waals surface area contributed by atoms with Crippen LogP contribution in [-0.2, 0) is 0 Å². The number of nitrogens with one attached hydrogen (secondary N) is 1. The predicted octanol–water partition coefficient (Wildman–Crippen LogP) is 4.45. The highest BCUT2D eigenvalue weighted by atomic mass is 127. The van der Waals surface area contributed by atoms with E-state index < -0.39 is 0 Å². The Morgan fingerprint density at radius 3 is 2.65 bits per heavy atom. The van der Waals surface area contributed by atoms with Crippen LogP contribution in [0.25, 0.3) is 11.4 Å². The third-order valence-corrected chi connectivity index (χ3v) is 4.29. The zero-order valence-corrected chi connectivity index (χ0v) is 13.7. The van der Waals surface area contributed by atoms with Gasteiger partial charge < -0.3 is 5.32 Å². The minimum absolute atomic E-state index is 0.795. The Morgan fingerprint density at radius 1 is 1.25 bits per heavy atom. The molecule has 0 atom stereocenters. The second-order valence-corrected chi connectivity index (χ2v) is 6.38. The van der Waals surface area contributed by atoms with Crippen molar-refractivity contribution in [1.29, 1.82) is 0 Å². The summed E-state index contributed by atoms with van der Waals surface area (Å²) >= 11 is 2.27. The van der Waals surface area contributed by atoms with Gasteiger partial charge in [-0.2, -0.15) is 0 Å². The summed E-state index contributed by atoms with van der Waals surface area (Å²) in [5.74, 6) is 2.53. The van der Waals surface area contributed by atoms with Crippen LogP contribution in [0.4, 0.5) is 5.82 Å². The Kier molecular flexibility index (Phi) is 4.19. The molecule has 1 aromatic carbocycles. The summed E-state index contributed by atoms with van der Waals surface area (Å²) in [5.41, 5.74) is 2.54. The molecule has 0 amide bonds. The van der Waals surface area contributed by atoms with Gasteiger partial charge in [-0.05, 0) is 53.3 Å². The molecule has 0 radical (unpaired) electrons. The molecule has 0 unspecified atom stereocenters. The average molecular weight is 379 g/mol. The van der Waals surface area contributed by atoms with Gasteiger partial charge in [0.25, 0.3) is 0 Å². The molecule has 0 spiro atoms. The molecule has 1 aromatic heterocycles. The van der Waals surface area contributed by atoms with Gasteiger partial charge in [-0.15, -0.1) is 0 Å². The highest BCUT2D eigenvalue weighted by Crippen LogP contribution is 2.40. The van der Waals surface area contributed by atoms with E-state index in [-0.39, 0.29) is 0 Å². The van der Waals surface area contributed by atoms with Crippen LogP contribution in [0, 0.1) is 3.57 Å². The quantitative estimate of drug-likeness (QED) is 0.781. The number of nitrogens with zero attached hydrogens (tertiary/aromatic N) is 2. The molecule has 1 aliphatic carbocycles. The summed E-state index contributed by atoms with van der Waals surface area (Å²) in [4.78, 5) is 9.09. The first-order chi connectivity index (χ1) is 9.78. The van der Waals surface area contributed by atoms with Gasteiger partial charge in [0.05, 0.1) is 3.57 Å². The van der Waals surface area contributed by atoms with Crippen LogP contribution in [0.3, 0.4) is 0 Å². The fourth-order valence-corrected chi connectivity index (χ4v) is 2.65. The lowest BCUT2D eigenvalue weighted by Crippen LogP contribution is -2.05. The van der Waals surface area contributed by atoms with E-state index in [1.165, 1.54) is 18.4 Å². The van der Waals surface area contributed by atoms with Crippen molar-refractivity contribution in [3.05, 3.63) is 39.6 Å². The maximum absolute atomic E-state index is 4.64. The Bertz CT molecular complexity index is 591. The summed E-state index contributed by atoms with van der Waals surface area (Å²) in [6.07, 6.45) is 5.65. The largest absolute Gasteiger partial charge is 0.369 e. The number of hydrogen-bond donors (Lipinski definition) is 1. The molecule has 0 aliphatic heterocycles. The maximum atomic E-state index is 4.64. The average Bonchev–Trinajstić information content (AvgIpc) is 3.31. The third-order valence-electron chi connectivity index (χ3n) is 3.50. The van der Waals surface area contributed by atoms with Crippen molar-refractivity contribution in [2.45, 2.75) is 32.1 Å². The zero-order chi connectivity index (χ0) is 13.9. The third kappa shape index (κ3) is 3.11. The molecule has 3 rings (SSSR count). The van der Waals surface area contributed by atoms with Crippen LogP contribution >= 0.6 is 22.6 Å². The Hall–Kier alpha value is -1.17. The Balaban J connectivity index is 1.84. The summed E-state index contributed by atoms with van der Waals surface area (Å²) < 4.78 is 1.06. The van der Waals surface area contributed by atoms with Crippen molar-refractivity contribution >= 4 is 28.4 Å². The van der Waals surface area contributed by atoms with Crippen molar-refractivity contribution in [3.8, 4) is 11.4 Å². The molecule has 1 heterocycles. The summed E-state index contributed by atoms with van der Waals surface area (Å²) in [7, 11) is 0. The van der Waals surface area contributed by atoms with E-state index in [1.54, 1.807) is 0 Å². The van der Waals surface area contributed by atoms with E-state index in [0.717, 1.165) is 39.7 Å². The lowest BCUT2D eigenvalue weighted by molar-refractivity contribution is 0.963. The van der Waals surface area contributed by atoms with Gasteiger partial charge in [-0.3, -0.25) is 0 Å². The van der Waals surface area contributed by atoms with E-state index in [9.17, 15) is 0 Å². The van der Waals surface area contributed by atoms with Gasteiger partial charge in [-0.1, -0.05) is 31.2 Å². The van der Waals surface area contributed by atoms with Gasteiger partial charge in [0.15, 0.2) is 5.82 Å². The van der Waals surface area contributed by atoms with Crippen molar-refractivity contribution in [1.82, 2.24) is 9.97 Å². The van der Waals surface area contributed by atoms with Crippen LogP contribution in [-0.4, -0.2) is 16.5 Å². The van der Waals surface area contributed by atoms with E-state index >= 15 is 0 Å². The Morgan fingerprint density at radius 2 is 2.00 bits per heavy atom. The number of anilines is 1. The van der Waals surface area contributed by atoms with Crippen LogP contribution < -0.4 is 5.32 Å². The minimum Gasteiger partial charge on any atom is -0.369 e. The number of rotatable bonds is 5. The molecular formula is C16H18IN3. The first-order valence-electron chi connectivity index (χ1n) is 7.14. The molecule has 20 heavy (non-hydrogen) atoms. The van der Waals surface area contributed by atoms with Crippen LogP contribution in [0.5, 0.6) is 0 Å². The van der Waals surface area contributed by atoms with Crippen LogP contribution in [0.2, 0.25) is 0 Å². The molecule has 3 nitrogen and oxygen atoms in total. The zero-order valence-electron chi connectivity index (χ0n) is 11.6. The topological polar surface area (TPSA) is 37.8 Å². The predicted molar refractivity (Wildman–Crippen MR) is 90.9 cm³/mol. The first-order valence-corrected chi connectivity index (χ1v) is 8.22. The lowest BCUT2D eigenvalue weighted by atomic mass is 10.1. The minimum atomic E-state index is 0.795. The molecule has 0 bridgehead atoms. The van der Waals surface area contributed by atoms with Crippen LogP contribution in [0.15, 0.2) is 30.5 Å². The van der Waals surface area contributed by atoms with E-state index in [1.807, 2.05) is 6.20 Å². The molecule has 0 saturated heterocycles. The summed E-state index contributed by atoms with van der Waals surface area (Å²) in [5, 5.41) is 3.35. The fraction of sp³-hybridized carbons (Fsp3) is 0.375. The highest BCUT2D eigenvalue weighted by molar-refractivity contribution is 14.1. The van der Waals surface area contributed by atoms with E-state index in [4.69, 9.17) is 0 Å². The standard InChI is InChI=1S/C16H18IN3/c1-2-9-18-16-14(17)10-19-15(20-16)13-7-5-12(6-8-13)11-3-4-11/h5-8,10-11H,2-4,9H2,1H3,(H,18,19,20). The SMILES string of the molecule is CCCNc1nc(-c2ccc(C3CC3)cc2)ncc1I.